The van der Waals surface area contributed by atoms with Gasteiger partial charge in [0.15, 0.2) is 0 Å². The predicted molar refractivity (Wildman–Crippen MR) is 76.2 cm³/mol. The SMILES string of the molecule is CCC(NC(=O)C1(c2cccc(F)c2)CCC1)C(=O)OC. The standard InChI is InChI=1S/C16H20FNO3/c1-3-13(14(19)21-2)18-15(20)16(8-5-9-16)11-6-4-7-12(17)10-11/h4,6-7,10,13H,3,5,8-9H2,1-2H3,(H,18,20). The number of amides is 1. The van der Waals surface area contributed by atoms with Crippen LogP contribution in [0.2, 0.25) is 0 Å². The summed E-state index contributed by atoms with van der Waals surface area (Å²) >= 11 is 0. The maximum Gasteiger partial charge on any atom is 0.328 e. The van der Waals surface area contributed by atoms with Gasteiger partial charge in [0, 0.05) is 0 Å². The van der Waals surface area contributed by atoms with Crippen LogP contribution >= 0.6 is 0 Å². The van der Waals surface area contributed by atoms with E-state index in [0.717, 1.165) is 6.42 Å². The molecule has 1 aliphatic carbocycles. The molecule has 1 amide bonds. The number of carbonyl (C=O) groups excluding carboxylic acids is 2. The van der Waals surface area contributed by atoms with Crippen LogP contribution in [-0.4, -0.2) is 25.0 Å². The molecule has 2 rings (SSSR count). The van der Waals surface area contributed by atoms with Crippen LogP contribution in [0.4, 0.5) is 4.39 Å². The molecule has 0 aliphatic heterocycles. The molecule has 0 aromatic heterocycles. The van der Waals surface area contributed by atoms with E-state index in [0.29, 0.717) is 24.8 Å². The monoisotopic (exact) mass is 293 g/mol. The molecule has 5 heteroatoms. The minimum atomic E-state index is -0.719. The average molecular weight is 293 g/mol. The minimum Gasteiger partial charge on any atom is -0.467 e. The second-order valence-electron chi connectivity index (χ2n) is 5.40. The van der Waals surface area contributed by atoms with Crippen LogP contribution in [0.3, 0.4) is 0 Å². The zero-order chi connectivity index (χ0) is 15.5. The van der Waals surface area contributed by atoms with E-state index < -0.39 is 17.4 Å². The van der Waals surface area contributed by atoms with E-state index in [2.05, 4.69) is 10.1 Å². The number of rotatable bonds is 5. The van der Waals surface area contributed by atoms with E-state index in [1.54, 1.807) is 19.1 Å². The molecule has 0 radical (unpaired) electrons. The van der Waals surface area contributed by atoms with Crippen molar-refractivity contribution in [3.63, 3.8) is 0 Å². The molecule has 4 nitrogen and oxygen atoms in total. The molecule has 1 fully saturated rings. The van der Waals surface area contributed by atoms with Gasteiger partial charge >= 0.3 is 5.97 Å². The third-order valence-electron chi connectivity index (χ3n) is 4.22. The highest BCUT2D eigenvalue weighted by Crippen LogP contribution is 2.44. The lowest BCUT2D eigenvalue weighted by Gasteiger charge is -2.41. The molecule has 1 aromatic rings. The number of ether oxygens (including phenoxy) is 1. The molecule has 1 N–H and O–H groups in total. The molecular formula is C16H20FNO3. The molecule has 1 aliphatic rings. The molecule has 1 saturated carbocycles. The molecular weight excluding hydrogens is 273 g/mol. The van der Waals surface area contributed by atoms with Crippen LogP contribution in [0, 0.1) is 5.82 Å². The Hall–Kier alpha value is -1.91. The first kappa shape index (κ1) is 15.5. The van der Waals surface area contributed by atoms with Crippen molar-refractivity contribution in [2.75, 3.05) is 7.11 Å². The first-order valence-electron chi connectivity index (χ1n) is 7.18. The highest BCUT2D eigenvalue weighted by molar-refractivity contribution is 5.92. The highest BCUT2D eigenvalue weighted by atomic mass is 19.1. The van der Waals surface area contributed by atoms with E-state index in [4.69, 9.17) is 0 Å². The van der Waals surface area contributed by atoms with E-state index in [9.17, 15) is 14.0 Å². The quantitative estimate of drug-likeness (QED) is 0.848. The second-order valence-corrected chi connectivity index (χ2v) is 5.40. The topological polar surface area (TPSA) is 55.4 Å². The first-order chi connectivity index (χ1) is 10.0. The largest absolute Gasteiger partial charge is 0.467 e. The third-order valence-corrected chi connectivity index (χ3v) is 4.22. The number of nitrogens with one attached hydrogen (secondary N) is 1. The fourth-order valence-electron chi connectivity index (χ4n) is 2.73. The van der Waals surface area contributed by atoms with Gasteiger partial charge in [0.05, 0.1) is 12.5 Å². The van der Waals surface area contributed by atoms with Gasteiger partial charge in [-0.3, -0.25) is 4.79 Å². The Morgan fingerprint density at radius 1 is 1.43 bits per heavy atom. The van der Waals surface area contributed by atoms with Crippen molar-refractivity contribution >= 4 is 11.9 Å². The van der Waals surface area contributed by atoms with Gasteiger partial charge in [-0.2, -0.15) is 0 Å². The lowest BCUT2D eigenvalue weighted by molar-refractivity contribution is -0.146. The Morgan fingerprint density at radius 2 is 2.14 bits per heavy atom. The number of hydrogen-bond acceptors (Lipinski definition) is 3. The fraction of sp³-hybridized carbons (Fsp3) is 0.500. The van der Waals surface area contributed by atoms with Crippen LogP contribution in [0.25, 0.3) is 0 Å². The smallest absolute Gasteiger partial charge is 0.328 e. The Morgan fingerprint density at radius 3 is 2.62 bits per heavy atom. The van der Waals surface area contributed by atoms with Crippen LogP contribution < -0.4 is 5.32 Å². The normalized spacial score (nSPS) is 17.5. The molecule has 0 saturated heterocycles. The van der Waals surface area contributed by atoms with Crippen molar-refractivity contribution in [2.45, 2.75) is 44.1 Å². The van der Waals surface area contributed by atoms with Crippen molar-refractivity contribution in [1.29, 1.82) is 0 Å². The number of hydrogen-bond donors (Lipinski definition) is 1. The summed E-state index contributed by atoms with van der Waals surface area (Å²) < 4.78 is 18.1. The maximum atomic E-state index is 13.4. The summed E-state index contributed by atoms with van der Waals surface area (Å²) in [5.74, 6) is -1.04. The minimum absolute atomic E-state index is 0.225. The molecule has 1 unspecified atom stereocenters. The number of carbonyl (C=O) groups is 2. The Labute approximate surface area is 123 Å². The van der Waals surface area contributed by atoms with Crippen LogP contribution in [-0.2, 0) is 19.7 Å². The second kappa shape index (κ2) is 6.24. The third kappa shape index (κ3) is 2.91. The zero-order valence-electron chi connectivity index (χ0n) is 12.3. The Kier molecular flexibility index (Phi) is 4.60. The van der Waals surface area contributed by atoms with Crippen molar-refractivity contribution in [3.8, 4) is 0 Å². The van der Waals surface area contributed by atoms with Crippen molar-refractivity contribution in [2.24, 2.45) is 0 Å². The lowest BCUT2D eigenvalue weighted by Crippen LogP contribution is -2.53. The van der Waals surface area contributed by atoms with Crippen LogP contribution in [0.15, 0.2) is 24.3 Å². The highest BCUT2D eigenvalue weighted by Gasteiger charge is 2.46. The van der Waals surface area contributed by atoms with E-state index >= 15 is 0 Å². The van der Waals surface area contributed by atoms with Gasteiger partial charge < -0.3 is 10.1 Å². The Bertz CT molecular complexity index is 540. The number of methoxy groups -OCH3 is 1. The van der Waals surface area contributed by atoms with Gasteiger partial charge in [-0.05, 0) is 37.0 Å². The molecule has 0 spiro atoms. The number of esters is 1. The van der Waals surface area contributed by atoms with Crippen molar-refractivity contribution < 1.29 is 18.7 Å². The molecule has 0 heterocycles. The predicted octanol–water partition coefficient (Wildman–Crippen LogP) is 2.32. The van der Waals surface area contributed by atoms with Gasteiger partial charge in [0.1, 0.15) is 11.9 Å². The first-order valence-corrected chi connectivity index (χ1v) is 7.18. The van der Waals surface area contributed by atoms with Gasteiger partial charge in [-0.1, -0.05) is 25.5 Å². The van der Waals surface area contributed by atoms with Crippen LogP contribution in [0.5, 0.6) is 0 Å². The van der Waals surface area contributed by atoms with Crippen molar-refractivity contribution in [3.05, 3.63) is 35.6 Å². The molecule has 114 valence electrons. The van der Waals surface area contributed by atoms with Gasteiger partial charge in [0.2, 0.25) is 5.91 Å². The van der Waals surface area contributed by atoms with E-state index in [1.165, 1.54) is 19.2 Å². The maximum absolute atomic E-state index is 13.4. The summed E-state index contributed by atoms with van der Waals surface area (Å²) in [5, 5.41) is 2.74. The summed E-state index contributed by atoms with van der Waals surface area (Å²) in [6.45, 7) is 1.80. The summed E-state index contributed by atoms with van der Waals surface area (Å²) in [5.41, 5.74) is -0.0465. The summed E-state index contributed by atoms with van der Waals surface area (Å²) in [7, 11) is 1.29. The summed E-state index contributed by atoms with van der Waals surface area (Å²) in [6.07, 6.45) is 2.70. The lowest BCUT2D eigenvalue weighted by atomic mass is 9.63. The van der Waals surface area contributed by atoms with E-state index in [1.807, 2.05) is 0 Å². The molecule has 0 bridgehead atoms. The molecule has 21 heavy (non-hydrogen) atoms. The summed E-state index contributed by atoms with van der Waals surface area (Å²) in [6, 6.07) is 5.47. The number of benzene rings is 1. The van der Waals surface area contributed by atoms with Gasteiger partial charge in [-0.25, -0.2) is 9.18 Å². The van der Waals surface area contributed by atoms with Gasteiger partial charge in [-0.15, -0.1) is 0 Å². The van der Waals surface area contributed by atoms with Crippen LogP contribution in [0.1, 0.15) is 38.2 Å². The average Bonchev–Trinajstić information content (AvgIpc) is 2.43. The number of halogens is 1. The summed E-state index contributed by atoms with van der Waals surface area (Å²) in [4.78, 5) is 24.2. The Balaban J connectivity index is 2.20. The van der Waals surface area contributed by atoms with Crippen molar-refractivity contribution in [1.82, 2.24) is 5.32 Å². The van der Waals surface area contributed by atoms with E-state index in [-0.39, 0.29) is 11.7 Å². The molecule has 1 atom stereocenters. The molecule has 1 aromatic carbocycles. The fourth-order valence-corrected chi connectivity index (χ4v) is 2.73. The van der Waals surface area contributed by atoms with Gasteiger partial charge in [0.25, 0.3) is 0 Å². The zero-order valence-corrected chi connectivity index (χ0v) is 12.3.